The summed E-state index contributed by atoms with van der Waals surface area (Å²) in [5.41, 5.74) is 2.23. The third kappa shape index (κ3) is 4.84. The zero-order chi connectivity index (χ0) is 14.3. The molecule has 0 aliphatic rings. The number of nitrogens with zero attached hydrogens (tertiary/aromatic N) is 2. The number of aliphatic hydroxyl groups excluding tert-OH is 1. The number of hydrogen-bond donors (Lipinski definition) is 1. The molecule has 0 aliphatic heterocycles. The molecule has 1 N–H and O–H groups in total. The Labute approximate surface area is 117 Å². The van der Waals surface area contributed by atoms with Crippen molar-refractivity contribution in [2.45, 2.75) is 32.8 Å². The quantitative estimate of drug-likeness (QED) is 0.782. The fourth-order valence-electron chi connectivity index (χ4n) is 2.30. The number of anilines is 1. The molecule has 108 valence electrons. The van der Waals surface area contributed by atoms with Gasteiger partial charge in [-0.2, -0.15) is 0 Å². The van der Waals surface area contributed by atoms with Gasteiger partial charge in [-0.15, -0.1) is 0 Å². The van der Waals surface area contributed by atoms with Crippen LogP contribution in [0.1, 0.15) is 38.4 Å². The second-order valence-corrected chi connectivity index (χ2v) is 5.22. The van der Waals surface area contributed by atoms with E-state index in [1.807, 2.05) is 19.1 Å². The molecule has 1 aromatic rings. The van der Waals surface area contributed by atoms with Gasteiger partial charge in [0.15, 0.2) is 0 Å². The summed E-state index contributed by atoms with van der Waals surface area (Å²) >= 11 is 0. The minimum absolute atomic E-state index is 0.362. The van der Waals surface area contributed by atoms with Gasteiger partial charge in [0.2, 0.25) is 0 Å². The molecule has 0 aromatic heterocycles. The third-order valence-corrected chi connectivity index (χ3v) is 3.44. The second kappa shape index (κ2) is 8.18. The van der Waals surface area contributed by atoms with Crippen LogP contribution in [-0.2, 0) is 0 Å². The molecule has 0 unspecified atom stereocenters. The largest absolute Gasteiger partial charge is 0.388 e. The maximum absolute atomic E-state index is 10.1. The van der Waals surface area contributed by atoms with Crippen LogP contribution in [-0.4, -0.2) is 43.7 Å². The summed E-state index contributed by atoms with van der Waals surface area (Å²) in [4.78, 5) is 4.57. The van der Waals surface area contributed by atoms with Gasteiger partial charge in [-0.25, -0.2) is 0 Å². The van der Waals surface area contributed by atoms with E-state index < -0.39 is 0 Å². The molecule has 0 aliphatic carbocycles. The van der Waals surface area contributed by atoms with E-state index in [1.54, 1.807) is 0 Å². The predicted octanol–water partition coefficient (Wildman–Crippen LogP) is 2.91. The third-order valence-electron chi connectivity index (χ3n) is 3.44. The molecule has 3 heteroatoms. The van der Waals surface area contributed by atoms with Crippen LogP contribution in [0, 0.1) is 0 Å². The van der Waals surface area contributed by atoms with E-state index in [0.29, 0.717) is 0 Å². The van der Waals surface area contributed by atoms with Gasteiger partial charge in [0.25, 0.3) is 0 Å². The van der Waals surface area contributed by atoms with Crippen LogP contribution in [0.3, 0.4) is 0 Å². The van der Waals surface area contributed by atoms with Gasteiger partial charge >= 0.3 is 0 Å². The van der Waals surface area contributed by atoms with E-state index >= 15 is 0 Å². The Morgan fingerprint density at radius 3 is 2.37 bits per heavy atom. The van der Waals surface area contributed by atoms with Crippen LogP contribution >= 0.6 is 0 Å². The first-order valence-corrected chi connectivity index (χ1v) is 7.26. The molecular weight excluding hydrogens is 236 g/mol. The number of aliphatic hydroxyl groups is 1. The predicted molar refractivity (Wildman–Crippen MR) is 82.8 cm³/mol. The Kier molecular flexibility index (Phi) is 6.89. The summed E-state index contributed by atoms with van der Waals surface area (Å²) in [6.45, 7) is 7.28. The number of benzene rings is 1. The average Bonchev–Trinajstić information content (AvgIpc) is 2.42. The first kappa shape index (κ1) is 16.0. The first-order chi connectivity index (χ1) is 9.10. The van der Waals surface area contributed by atoms with Crippen molar-refractivity contribution in [2.24, 2.45) is 0 Å². The average molecular weight is 264 g/mol. The molecular formula is C16H28N2O. The highest BCUT2D eigenvalue weighted by Crippen LogP contribution is 2.28. The summed E-state index contributed by atoms with van der Waals surface area (Å²) in [5.74, 6) is 0. The Bertz CT molecular complexity index is 366. The molecule has 0 bridgehead atoms. The van der Waals surface area contributed by atoms with Crippen molar-refractivity contribution in [3.63, 3.8) is 0 Å². The Morgan fingerprint density at radius 2 is 1.79 bits per heavy atom. The summed E-state index contributed by atoms with van der Waals surface area (Å²) in [6.07, 6.45) is 1.53. The summed E-state index contributed by atoms with van der Waals surface area (Å²) in [6, 6.07) is 8.21. The van der Waals surface area contributed by atoms with Crippen molar-refractivity contribution >= 4 is 5.69 Å². The minimum Gasteiger partial charge on any atom is -0.388 e. The summed E-state index contributed by atoms with van der Waals surface area (Å²) < 4.78 is 0. The van der Waals surface area contributed by atoms with Crippen molar-refractivity contribution in [1.82, 2.24) is 4.90 Å². The fraction of sp³-hybridized carbons (Fsp3) is 0.625. The van der Waals surface area contributed by atoms with Crippen molar-refractivity contribution in [2.75, 3.05) is 38.6 Å². The second-order valence-electron chi connectivity index (χ2n) is 5.22. The molecule has 0 amide bonds. The summed E-state index contributed by atoms with van der Waals surface area (Å²) in [5, 5.41) is 10.1. The molecule has 19 heavy (non-hydrogen) atoms. The molecule has 0 saturated carbocycles. The number of hydrogen-bond acceptors (Lipinski definition) is 3. The van der Waals surface area contributed by atoms with E-state index in [-0.39, 0.29) is 6.10 Å². The van der Waals surface area contributed by atoms with Crippen LogP contribution in [0.5, 0.6) is 0 Å². The van der Waals surface area contributed by atoms with Gasteiger partial charge < -0.3 is 14.9 Å². The van der Waals surface area contributed by atoms with Crippen LogP contribution in [0.4, 0.5) is 5.69 Å². The standard InChI is InChI=1S/C16H28N2O/c1-5-16(19)14-10-7-8-11-15(14)18(6-2)13-9-12-17(3)4/h7-8,10-11,16,19H,5-6,9,12-13H2,1-4H3/t16-/m0/s1. The van der Waals surface area contributed by atoms with Crippen LogP contribution in [0.15, 0.2) is 24.3 Å². The molecule has 0 spiro atoms. The van der Waals surface area contributed by atoms with Crippen LogP contribution < -0.4 is 4.90 Å². The Morgan fingerprint density at radius 1 is 1.11 bits per heavy atom. The van der Waals surface area contributed by atoms with E-state index in [9.17, 15) is 5.11 Å². The maximum Gasteiger partial charge on any atom is 0.0807 e. The molecule has 0 radical (unpaired) electrons. The van der Waals surface area contributed by atoms with Gasteiger partial charge in [0.05, 0.1) is 6.10 Å². The molecule has 1 atom stereocenters. The van der Waals surface area contributed by atoms with Crippen molar-refractivity contribution in [3.8, 4) is 0 Å². The lowest BCUT2D eigenvalue weighted by molar-refractivity contribution is 0.174. The molecule has 0 saturated heterocycles. The molecule has 0 fully saturated rings. The lowest BCUT2D eigenvalue weighted by Crippen LogP contribution is -2.28. The van der Waals surface area contributed by atoms with Gasteiger partial charge in [-0.1, -0.05) is 25.1 Å². The lowest BCUT2D eigenvalue weighted by Gasteiger charge is -2.27. The monoisotopic (exact) mass is 264 g/mol. The molecule has 1 rings (SSSR count). The van der Waals surface area contributed by atoms with Crippen LogP contribution in [0.2, 0.25) is 0 Å². The zero-order valence-electron chi connectivity index (χ0n) is 12.8. The first-order valence-electron chi connectivity index (χ1n) is 7.26. The highest BCUT2D eigenvalue weighted by Gasteiger charge is 2.14. The molecule has 3 nitrogen and oxygen atoms in total. The van der Waals surface area contributed by atoms with Crippen molar-refractivity contribution in [1.29, 1.82) is 0 Å². The Hall–Kier alpha value is -1.06. The highest BCUT2D eigenvalue weighted by molar-refractivity contribution is 5.54. The minimum atomic E-state index is -0.362. The fourth-order valence-corrected chi connectivity index (χ4v) is 2.30. The molecule has 0 heterocycles. The van der Waals surface area contributed by atoms with E-state index in [2.05, 4.69) is 43.0 Å². The van der Waals surface area contributed by atoms with Gasteiger partial charge in [0.1, 0.15) is 0 Å². The van der Waals surface area contributed by atoms with E-state index in [0.717, 1.165) is 38.0 Å². The summed E-state index contributed by atoms with van der Waals surface area (Å²) in [7, 11) is 4.20. The van der Waals surface area contributed by atoms with Gasteiger partial charge in [-0.05, 0) is 46.5 Å². The topological polar surface area (TPSA) is 26.7 Å². The van der Waals surface area contributed by atoms with Crippen LogP contribution in [0.25, 0.3) is 0 Å². The number of para-hydroxylation sites is 1. The van der Waals surface area contributed by atoms with Gasteiger partial charge in [-0.3, -0.25) is 0 Å². The maximum atomic E-state index is 10.1. The normalized spacial score (nSPS) is 12.7. The van der Waals surface area contributed by atoms with E-state index in [1.165, 1.54) is 5.69 Å². The van der Waals surface area contributed by atoms with Gasteiger partial charge in [0, 0.05) is 24.3 Å². The van der Waals surface area contributed by atoms with Crippen molar-refractivity contribution < 1.29 is 5.11 Å². The lowest BCUT2D eigenvalue weighted by atomic mass is 10.0. The number of rotatable bonds is 8. The smallest absolute Gasteiger partial charge is 0.0807 e. The van der Waals surface area contributed by atoms with Crippen molar-refractivity contribution in [3.05, 3.63) is 29.8 Å². The Balaban J connectivity index is 2.79. The molecule has 1 aromatic carbocycles. The SMILES string of the molecule is CC[C@H](O)c1ccccc1N(CC)CCCN(C)C. The van der Waals surface area contributed by atoms with E-state index in [4.69, 9.17) is 0 Å². The zero-order valence-corrected chi connectivity index (χ0v) is 12.8. The highest BCUT2D eigenvalue weighted by atomic mass is 16.3.